The summed E-state index contributed by atoms with van der Waals surface area (Å²) >= 11 is 0. The Morgan fingerprint density at radius 2 is 2.08 bits per heavy atom. The number of hydrogen-bond acceptors (Lipinski definition) is 1. The monoisotopic (exact) mass is 237 g/mol. The van der Waals surface area contributed by atoms with E-state index < -0.39 is 0 Å². The Morgan fingerprint density at radius 3 is 2.50 bits per heavy atom. The topological polar surface area (TPSA) is 3.24 Å². The third-order valence-electron chi connectivity index (χ3n) is 3.30. The molecule has 12 heavy (non-hydrogen) atoms. The molecule has 0 aromatic heterocycles. The maximum Gasteiger partial charge on any atom is 1.00 e. The largest absolute Gasteiger partial charge is 1.00 e. The Kier molecular flexibility index (Phi) is 4.95. The van der Waals surface area contributed by atoms with E-state index in [0.717, 1.165) is 12.0 Å². The zero-order valence-corrected chi connectivity index (χ0v) is 13.6. The van der Waals surface area contributed by atoms with Gasteiger partial charge in [0.1, 0.15) is 0 Å². The van der Waals surface area contributed by atoms with Crippen LogP contribution in [0, 0.1) is 11.8 Å². The van der Waals surface area contributed by atoms with Crippen molar-refractivity contribution in [3.8, 4) is 0 Å². The zero-order chi connectivity index (χ0) is 7.84. The average molecular weight is 238 g/mol. The summed E-state index contributed by atoms with van der Waals surface area (Å²) in [4.78, 5) is 2.62. The van der Waals surface area contributed by atoms with Gasteiger partial charge in [-0.15, -0.1) is 6.42 Å². The first kappa shape index (κ1) is 11.8. The number of hydrogen-bond donors (Lipinski definition) is 0. The molecule has 1 atom stereocenters. The van der Waals surface area contributed by atoms with Crippen LogP contribution < -0.4 is 58.2 Å². The van der Waals surface area contributed by atoms with E-state index in [1.165, 1.54) is 32.4 Å². The van der Waals surface area contributed by atoms with E-state index in [9.17, 15) is 0 Å². The van der Waals surface area contributed by atoms with Gasteiger partial charge in [-0.1, -0.05) is 0 Å². The fourth-order valence-electron chi connectivity index (χ4n) is 2.23. The predicted molar refractivity (Wildman–Crippen MR) is 47.3 cm³/mol. The Morgan fingerprint density at radius 1 is 1.33 bits per heavy atom. The van der Waals surface area contributed by atoms with E-state index in [2.05, 4.69) is 18.7 Å². The van der Waals surface area contributed by atoms with Crippen LogP contribution in [-0.2, 0) is 0 Å². The number of rotatable bonds is 1. The van der Waals surface area contributed by atoms with Crippen molar-refractivity contribution in [2.24, 2.45) is 5.92 Å². The molecule has 0 N–H and O–H groups in total. The normalized spacial score (nSPS) is 30.8. The molecule has 1 saturated carbocycles. The molecule has 2 heteroatoms. The number of likely N-dealkylation sites (tertiary alicyclic amines) is 1. The van der Waals surface area contributed by atoms with Crippen molar-refractivity contribution < 1.29 is 58.2 Å². The summed E-state index contributed by atoms with van der Waals surface area (Å²) in [5.74, 6) is 2.85. The quantitative estimate of drug-likeness (QED) is 0.534. The zero-order valence-electron chi connectivity index (χ0n) is 8.64. The molecule has 0 bridgehead atoms. The van der Waals surface area contributed by atoms with Crippen molar-refractivity contribution in [3.05, 3.63) is 5.92 Å². The molecule has 2 rings (SSSR count). The minimum Gasteiger partial charge on any atom is -0.308 e. The van der Waals surface area contributed by atoms with Crippen molar-refractivity contribution in [2.75, 3.05) is 13.1 Å². The van der Waals surface area contributed by atoms with E-state index in [0.29, 0.717) is 0 Å². The number of nitrogens with zero attached hydrogens (tertiary/aromatic N) is 1. The van der Waals surface area contributed by atoms with Crippen LogP contribution in [0.5, 0.6) is 0 Å². The third kappa shape index (κ3) is 2.41. The van der Waals surface area contributed by atoms with Crippen molar-refractivity contribution in [2.45, 2.75) is 39.2 Å². The van der Waals surface area contributed by atoms with Gasteiger partial charge in [0.2, 0.25) is 0 Å². The van der Waals surface area contributed by atoms with Crippen LogP contribution in [0.2, 0.25) is 0 Å². The number of fused-ring (bicyclic) bond motifs is 1. The Bertz CT molecular complexity index is 147. The van der Waals surface area contributed by atoms with Crippen LogP contribution in [0.25, 0.3) is 0 Å². The van der Waals surface area contributed by atoms with Gasteiger partial charge in [0, 0.05) is 6.04 Å². The Hall–Kier alpha value is 1.77. The molecule has 1 heterocycles. The summed E-state index contributed by atoms with van der Waals surface area (Å²) in [7, 11) is 0. The van der Waals surface area contributed by atoms with E-state index in [1.54, 1.807) is 0 Å². The molecule has 64 valence electrons. The van der Waals surface area contributed by atoms with E-state index in [4.69, 9.17) is 0 Å². The minimum atomic E-state index is 0. The van der Waals surface area contributed by atoms with Crippen molar-refractivity contribution in [1.82, 2.24) is 4.90 Å². The van der Waals surface area contributed by atoms with Crippen molar-refractivity contribution in [3.63, 3.8) is 0 Å². The van der Waals surface area contributed by atoms with Crippen LogP contribution in [0.4, 0.5) is 0 Å². The predicted octanol–water partition coefficient (Wildman–Crippen LogP) is -0.911. The van der Waals surface area contributed by atoms with Gasteiger partial charge in [-0.2, -0.15) is 18.8 Å². The van der Waals surface area contributed by atoms with Gasteiger partial charge < -0.3 is 10.8 Å². The molecule has 1 aliphatic heterocycles. The Balaban J connectivity index is 0.000000720. The maximum atomic E-state index is 2.62. The fourth-order valence-corrected chi connectivity index (χ4v) is 2.23. The van der Waals surface area contributed by atoms with E-state index in [1.807, 2.05) is 5.92 Å². The van der Waals surface area contributed by atoms with Crippen molar-refractivity contribution >= 4 is 0 Å². The van der Waals surface area contributed by atoms with Gasteiger partial charge in [0.25, 0.3) is 0 Å². The summed E-state index contributed by atoms with van der Waals surface area (Å²) in [5.41, 5.74) is 0. The minimum absolute atomic E-state index is 0. The van der Waals surface area contributed by atoms with Crippen LogP contribution in [0.15, 0.2) is 0 Å². The first-order valence-corrected chi connectivity index (χ1v) is 4.86. The molecule has 0 aromatic carbocycles. The standard InChI is InChI=1S/C10H18N.Rb/c1-8(2)11-6-5-9-3-4-10(9)7-11;/h8,10H,3-7H2,1-2H3;/q-1;+1. The summed E-state index contributed by atoms with van der Waals surface area (Å²) in [6.07, 6.45) is 4.30. The van der Waals surface area contributed by atoms with Gasteiger partial charge >= 0.3 is 58.2 Å². The maximum absolute atomic E-state index is 2.62. The van der Waals surface area contributed by atoms with Gasteiger partial charge in [-0.25, -0.2) is 0 Å². The molecular formula is C10H18NRb. The van der Waals surface area contributed by atoms with E-state index in [-0.39, 0.29) is 58.2 Å². The van der Waals surface area contributed by atoms with Crippen LogP contribution in [0.1, 0.15) is 33.1 Å². The van der Waals surface area contributed by atoms with Crippen LogP contribution in [-0.4, -0.2) is 24.0 Å². The molecule has 0 aromatic rings. The van der Waals surface area contributed by atoms with Crippen LogP contribution >= 0.6 is 0 Å². The molecule has 0 amide bonds. The van der Waals surface area contributed by atoms with E-state index >= 15 is 0 Å². The Labute approximate surface area is 125 Å². The van der Waals surface area contributed by atoms with Gasteiger partial charge in [-0.05, 0) is 26.9 Å². The summed E-state index contributed by atoms with van der Waals surface area (Å²) in [6, 6.07) is 0.761. The smallest absolute Gasteiger partial charge is 0.308 e. The number of piperidine rings is 1. The molecular weight excluding hydrogens is 220 g/mol. The second kappa shape index (κ2) is 5.02. The van der Waals surface area contributed by atoms with Crippen LogP contribution in [0.3, 0.4) is 0 Å². The molecule has 0 radical (unpaired) electrons. The molecule has 2 fully saturated rings. The van der Waals surface area contributed by atoms with Gasteiger partial charge in [0.15, 0.2) is 0 Å². The molecule has 1 saturated heterocycles. The molecule has 1 unspecified atom stereocenters. The SMILES string of the molecule is CC(C)N1CC[C-]2CCC2C1.[Rb+]. The molecule has 1 aliphatic carbocycles. The first-order chi connectivity index (χ1) is 5.27. The average Bonchev–Trinajstić information content (AvgIpc) is 1.91. The second-order valence-electron chi connectivity index (χ2n) is 4.23. The van der Waals surface area contributed by atoms with Gasteiger partial charge in [-0.3, -0.25) is 0 Å². The first-order valence-electron chi connectivity index (χ1n) is 4.86. The van der Waals surface area contributed by atoms with Gasteiger partial charge in [0.05, 0.1) is 0 Å². The second-order valence-corrected chi connectivity index (χ2v) is 4.23. The summed E-state index contributed by atoms with van der Waals surface area (Å²) in [5, 5.41) is 0. The van der Waals surface area contributed by atoms with Crippen molar-refractivity contribution in [1.29, 1.82) is 0 Å². The fraction of sp³-hybridized carbons (Fsp3) is 0.900. The molecule has 2 aliphatic rings. The summed E-state index contributed by atoms with van der Waals surface area (Å²) < 4.78 is 0. The summed E-state index contributed by atoms with van der Waals surface area (Å²) in [6.45, 7) is 7.30. The molecule has 0 spiro atoms. The molecule has 1 nitrogen and oxygen atoms in total. The third-order valence-corrected chi connectivity index (χ3v) is 3.30.